The summed E-state index contributed by atoms with van der Waals surface area (Å²) in [6.07, 6.45) is 12.0. The van der Waals surface area contributed by atoms with E-state index in [1.807, 2.05) is 65.0 Å². The molecule has 0 bridgehead atoms. The van der Waals surface area contributed by atoms with Gasteiger partial charge in [-0.05, 0) is 52.9 Å². The number of rotatable bonds is 9. The molecule has 0 spiro atoms. The van der Waals surface area contributed by atoms with Crippen molar-refractivity contribution < 1.29 is 0 Å². The minimum absolute atomic E-state index is 0.112. The number of aromatic amines is 1. The number of benzene rings is 1. The highest BCUT2D eigenvalue weighted by atomic mass is 16.1. The molecule has 1 aromatic carbocycles. The van der Waals surface area contributed by atoms with E-state index in [1.165, 1.54) is 0 Å². The van der Waals surface area contributed by atoms with Crippen molar-refractivity contribution in [2.45, 2.75) is 46.2 Å². The van der Waals surface area contributed by atoms with E-state index in [2.05, 4.69) is 37.5 Å². The lowest BCUT2D eigenvalue weighted by atomic mass is 9.96. The number of nitrogens with zero attached hydrogens (tertiary/aromatic N) is 8. The van der Waals surface area contributed by atoms with Crippen LogP contribution in [0.25, 0.3) is 28.5 Å². The fraction of sp³-hybridized carbons (Fsp3) is 0.280. The lowest BCUT2D eigenvalue weighted by Gasteiger charge is -2.14. The van der Waals surface area contributed by atoms with Crippen LogP contribution in [-0.4, -0.2) is 44.3 Å². The second-order valence-electron chi connectivity index (χ2n) is 8.30. The zero-order valence-electron chi connectivity index (χ0n) is 19.8. The van der Waals surface area contributed by atoms with Crippen molar-refractivity contribution in [2.75, 3.05) is 0 Å². The first-order valence-electron chi connectivity index (χ1n) is 11.8. The Balaban J connectivity index is 1.61. The van der Waals surface area contributed by atoms with Crippen LogP contribution >= 0.6 is 0 Å². The number of imidazole rings is 2. The third-order valence-corrected chi connectivity index (χ3v) is 6.15. The maximum atomic E-state index is 13.6. The number of aromatic nitrogens is 9. The average molecular weight is 470 g/mol. The van der Waals surface area contributed by atoms with Gasteiger partial charge in [-0.25, -0.2) is 19.4 Å². The van der Waals surface area contributed by atoms with Crippen LogP contribution in [0.4, 0.5) is 0 Å². The van der Waals surface area contributed by atoms with Crippen LogP contribution in [-0.2, 0) is 19.5 Å². The normalized spacial score (nSPS) is 11.3. The first kappa shape index (κ1) is 22.5. The summed E-state index contributed by atoms with van der Waals surface area (Å²) in [6.45, 7) is 5.31. The largest absolute Gasteiger partial charge is 0.335 e. The molecule has 0 amide bonds. The van der Waals surface area contributed by atoms with Gasteiger partial charge in [-0.3, -0.25) is 9.55 Å². The molecule has 35 heavy (non-hydrogen) atoms. The third-order valence-electron chi connectivity index (χ3n) is 6.15. The summed E-state index contributed by atoms with van der Waals surface area (Å²) in [5, 5.41) is 14.4. The van der Waals surface area contributed by atoms with E-state index in [4.69, 9.17) is 0 Å². The smallest absolute Gasteiger partial charge is 0.317 e. The van der Waals surface area contributed by atoms with E-state index in [9.17, 15) is 4.79 Å². The summed E-state index contributed by atoms with van der Waals surface area (Å²) in [4.78, 5) is 22.5. The molecule has 0 fully saturated rings. The summed E-state index contributed by atoms with van der Waals surface area (Å²) in [7, 11) is 0. The molecule has 0 aliphatic heterocycles. The van der Waals surface area contributed by atoms with E-state index in [0.717, 1.165) is 53.8 Å². The first-order valence-corrected chi connectivity index (χ1v) is 11.8. The van der Waals surface area contributed by atoms with E-state index in [-0.39, 0.29) is 5.69 Å². The number of nitrogens with one attached hydrogen (secondary N) is 1. The topological polar surface area (TPSA) is 112 Å². The number of pyridine rings is 1. The quantitative estimate of drug-likeness (QED) is 0.354. The predicted octanol–water partition coefficient (Wildman–Crippen LogP) is 3.49. The molecule has 5 rings (SSSR count). The monoisotopic (exact) mass is 469 g/mol. The Morgan fingerprint density at radius 3 is 2.66 bits per heavy atom. The SMILES string of the molecule is CCCCc1cn(-c2nccn2CC)c(=O)n1Cc1cnccc1-c1ccccc1-c1nnn[nH]1. The summed E-state index contributed by atoms with van der Waals surface area (Å²) in [5.41, 5.74) is 4.62. The Morgan fingerprint density at radius 1 is 1.03 bits per heavy atom. The van der Waals surface area contributed by atoms with Crippen molar-refractivity contribution in [1.82, 2.24) is 44.3 Å². The Hall–Kier alpha value is -4.34. The average Bonchev–Trinajstić information content (AvgIpc) is 3.65. The Labute approximate surface area is 202 Å². The molecule has 1 N–H and O–H groups in total. The maximum absolute atomic E-state index is 13.6. The van der Waals surface area contributed by atoms with E-state index in [0.29, 0.717) is 18.3 Å². The third kappa shape index (κ3) is 4.30. The van der Waals surface area contributed by atoms with Crippen molar-refractivity contribution >= 4 is 0 Å². The number of hydrogen-bond acceptors (Lipinski definition) is 6. The molecule has 5 aromatic rings. The minimum Gasteiger partial charge on any atom is -0.317 e. The highest BCUT2D eigenvalue weighted by Crippen LogP contribution is 2.32. The van der Waals surface area contributed by atoms with Crippen LogP contribution in [0, 0.1) is 0 Å². The fourth-order valence-electron chi connectivity index (χ4n) is 4.35. The summed E-state index contributed by atoms with van der Waals surface area (Å²) >= 11 is 0. The highest BCUT2D eigenvalue weighted by molar-refractivity contribution is 5.81. The van der Waals surface area contributed by atoms with Gasteiger partial charge in [0, 0.05) is 48.8 Å². The minimum atomic E-state index is -0.112. The van der Waals surface area contributed by atoms with Gasteiger partial charge in [0.05, 0.1) is 6.54 Å². The standard InChI is InChI=1S/C25H27N9O/c1-3-5-8-19-17-34(24-27-13-14-32(24)4-2)25(35)33(19)16-18-15-26-12-11-20(18)21-9-6-7-10-22(21)23-28-30-31-29-23/h6-7,9-15,17H,3-5,8,16H2,1-2H3,(H,28,29,30,31). The summed E-state index contributed by atoms with van der Waals surface area (Å²) in [6, 6.07) is 9.90. The maximum Gasteiger partial charge on any atom is 0.335 e. The van der Waals surface area contributed by atoms with Gasteiger partial charge in [0.1, 0.15) is 0 Å². The van der Waals surface area contributed by atoms with Gasteiger partial charge in [-0.1, -0.05) is 37.6 Å². The predicted molar refractivity (Wildman–Crippen MR) is 132 cm³/mol. The van der Waals surface area contributed by atoms with Gasteiger partial charge in [-0.15, -0.1) is 5.10 Å². The molecule has 0 saturated heterocycles. The van der Waals surface area contributed by atoms with Crippen molar-refractivity contribution in [2.24, 2.45) is 0 Å². The zero-order valence-corrected chi connectivity index (χ0v) is 19.8. The Bertz CT molecular complexity index is 1480. The molecule has 0 saturated carbocycles. The number of unbranched alkanes of at least 4 members (excludes halogenated alkanes) is 1. The molecular formula is C25H27N9O. The summed E-state index contributed by atoms with van der Waals surface area (Å²) < 4.78 is 5.45. The molecule has 178 valence electrons. The number of aryl methyl sites for hydroxylation is 2. The lowest BCUT2D eigenvalue weighted by Crippen LogP contribution is -2.26. The molecule has 4 aromatic heterocycles. The van der Waals surface area contributed by atoms with Crippen LogP contribution in [0.1, 0.15) is 37.9 Å². The van der Waals surface area contributed by atoms with E-state index < -0.39 is 0 Å². The number of tetrazole rings is 1. The summed E-state index contributed by atoms with van der Waals surface area (Å²) in [5.74, 6) is 1.21. The van der Waals surface area contributed by atoms with Crippen molar-refractivity contribution in [3.63, 3.8) is 0 Å². The van der Waals surface area contributed by atoms with E-state index in [1.54, 1.807) is 17.0 Å². The fourth-order valence-corrected chi connectivity index (χ4v) is 4.35. The van der Waals surface area contributed by atoms with Crippen LogP contribution in [0.2, 0.25) is 0 Å². The molecule has 4 heterocycles. The van der Waals surface area contributed by atoms with Crippen molar-refractivity contribution in [3.8, 4) is 28.5 Å². The van der Waals surface area contributed by atoms with Gasteiger partial charge >= 0.3 is 5.69 Å². The first-order chi connectivity index (χ1) is 17.2. The van der Waals surface area contributed by atoms with Crippen molar-refractivity contribution in [1.29, 1.82) is 0 Å². The van der Waals surface area contributed by atoms with Gasteiger partial charge in [0.25, 0.3) is 0 Å². The Kier molecular flexibility index (Phi) is 6.34. The molecule has 0 aliphatic carbocycles. The van der Waals surface area contributed by atoms with E-state index >= 15 is 0 Å². The van der Waals surface area contributed by atoms with Crippen LogP contribution in [0.15, 0.2) is 66.1 Å². The second-order valence-corrected chi connectivity index (χ2v) is 8.30. The highest BCUT2D eigenvalue weighted by Gasteiger charge is 2.19. The molecular weight excluding hydrogens is 442 g/mol. The number of H-pyrrole nitrogens is 1. The lowest BCUT2D eigenvalue weighted by molar-refractivity contribution is 0.660. The molecule has 0 radical (unpaired) electrons. The van der Waals surface area contributed by atoms with Gasteiger partial charge in [-0.2, -0.15) is 0 Å². The van der Waals surface area contributed by atoms with Crippen LogP contribution in [0.5, 0.6) is 0 Å². The second kappa shape index (κ2) is 9.88. The Morgan fingerprint density at radius 2 is 1.89 bits per heavy atom. The van der Waals surface area contributed by atoms with Gasteiger partial charge in [0.15, 0.2) is 5.82 Å². The van der Waals surface area contributed by atoms with Gasteiger partial charge < -0.3 is 4.57 Å². The molecule has 0 aliphatic rings. The molecule has 0 unspecified atom stereocenters. The van der Waals surface area contributed by atoms with Gasteiger partial charge in [0.2, 0.25) is 5.95 Å². The van der Waals surface area contributed by atoms with Crippen LogP contribution < -0.4 is 5.69 Å². The molecule has 0 atom stereocenters. The van der Waals surface area contributed by atoms with Crippen molar-refractivity contribution in [3.05, 3.63) is 83.1 Å². The number of hydrogen-bond donors (Lipinski definition) is 1. The molecule has 10 nitrogen and oxygen atoms in total. The zero-order chi connectivity index (χ0) is 24.2. The van der Waals surface area contributed by atoms with Crippen LogP contribution in [0.3, 0.4) is 0 Å². The molecule has 10 heteroatoms.